The molecule has 1 unspecified atom stereocenters. The lowest BCUT2D eigenvalue weighted by Gasteiger charge is -2.24. The molecule has 1 amide bonds. The third kappa shape index (κ3) is 4.03. The van der Waals surface area contributed by atoms with Crippen LogP contribution < -0.4 is 14.4 Å². The van der Waals surface area contributed by atoms with E-state index in [2.05, 4.69) is 0 Å². The molecule has 4 rings (SSSR count). The van der Waals surface area contributed by atoms with Gasteiger partial charge in [-0.1, -0.05) is 17.7 Å². The van der Waals surface area contributed by atoms with Gasteiger partial charge in [0.05, 0.1) is 29.9 Å². The number of ether oxygens (including phenoxy) is 2. The molecular formula is C26H24ClNO6. The van der Waals surface area contributed by atoms with Crippen LogP contribution >= 0.6 is 11.6 Å². The molecule has 3 aromatic rings. The molecule has 2 heterocycles. The van der Waals surface area contributed by atoms with Crippen molar-refractivity contribution in [2.24, 2.45) is 0 Å². The molecule has 0 radical (unpaired) electrons. The molecule has 34 heavy (non-hydrogen) atoms. The largest absolute Gasteiger partial charge is 0.507 e. The standard InChI is InChI=1S/C26H24ClNO6/c1-5-33-17-8-6-7-16(13-17)28-22(20-10-9-15(3)34-20)21(24(30)26(28)31)23(29)18-11-14(2)12-19(27)25(18)32-4/h6-13,22,29H,5H2,1-4H3/b23-21+. The van der Waals surface area contributed by atoms with Gasteiger partial charge < -0.3 is 19.0 Å². The minimum Gasteiger partial charge on any atom is -0.507 e. The Bertz CT molecular complexity index is 1310. The summed E-state index contributed by atoms with van der Waals surface area (Å²) < 4.78 is 16.8. The van der Waals surface area contributed by atoms with Gasteiger partial charge in [0.1, 0.15) is 34.8 Å². The highest BCUT2D eigenvalue weighted by atomic mass is 35.5. The quantitative estimate of drug-likeness (QED) is 0.281. The second-order valence-corrected chi connectivity index (χ2v) is 8.28. The summed E-state index contributed by atoms with van der Waals surface area (Å²) in [5.74, 6) is -0.377. The van der Waals surface area contributed by atoms with E-state index in [1.165, 1.54) is 12.0 Å². The lowest BCUT2D eigenvalue weighted by Crippen LogP contribution is -2.29. The Morgan fingerprint density at radius 2 is 1.91 bits per heavy atom. The Labute approximate surface area is 202 Å². The van der Waals surface area contributed by atoms with E-state index in [1.807, 2.05) is 6.92 Å². The fourth-order valence-corrected chi connectivity index (χ4v) is 4.47. The SMILES string of the molecule is CCOc1cccc(N2C(=O)C(=O)/C(=C(/O)c3cc(C)cc(Cl)c3OC)C2c2ccc(C)o2)c1. The van der Waals surface area contributed by atoms with Gasteiger partial charge in [0.2, 0.25) is 0 Å². The van der Waals surface area contributed by atoms with Crippen LogP contribution in [0.5, 0.6) is 11.5 Å². The number of nitrogens with zero attached hydrogens (tertiary/aromatic N) is 1. The first-order valence-corrected chi connectivity index (χ1v) is 11.1. The maximum Gasteiger partial charge on any atom is 0.300 e. The van der Waals surface area contributed by atoms with Crippen LogP contribution in [0.2, 0.25) is 5.02 Å². The molecule has 0 aliphatic carbocycles. The zero-order valence-corrected chi connectivity index (χ0v) is 20.0. The van der Waals surface area contributed by atoms with Crippen molar-refractivity contribution in [3.05, 3.63) is 81.8 Å². The molecule has 176 valence electrons. The second kappa shape index (κ2) is 9.27. The van der Waals surface area contributed by atoms with Gasteiger partial charge in [-0.05, 0) is 62.7 Å². The number of Topliss-reactive ketones (excluding diaryl/α,β-unsaturated/α-hetero) is 1. The van der Waals surface area contributed by atoms with E-state index in [0.29, 0.717) is 29.6 Å². The topological polar surface area (TPSA) is 89.2 Å². The average Bonchev–Trinajstić information content (AvgIpc) is 3.34. The number of carbonyl (C=O) groups excluding carboxylic acids is 2. The summed E-state index contributed by atoms with van der Waals surface area (Å²) in [6.07, 6.45) is 0. The zero-order valence-electron chi connectivity index (χ0n) is 19.2. The number of methoxy groups -OCH3 is 1. The van der Waals surface area contributed by atoms with Crippen molar-refractivity contribution in [2.45, 2.75) is 26.8 Å². The molecule has 8 heteroatoms. The van der Waals surface area contributed by atoms with Gasteiger partial charge in [0.15, 0.2) is 0 Å². The number of amides is 1. The van der Waals surface area contributed by atoms with Crippen LogP contribution in [0, 0.1) is 13.8 Å². The number of hydrogen-bond acceptors (Lipinski definition) is 6. The third-order valence-electron chi connectivity index (χ3n) is 5.53. The normalized spacial score (nSPS) is 17.3. The van der Waals surface area contributed by atoms with Crippen LogP contribution in [0.15, 0.2) is 58.5 Å². The Morgan fingerprint density at radius 1 is 1.15 bits per heavy atom. The van der Waals surface area contributed by atoms with Crippen LogP contribution in [0.3, 0.4) is 0 Å². The van der Waals surface area contributed by atoms with Crippen molar-refractivity contribution >= 4 is 34.7 Å². The number of furan rings is 1. The highest BCUT2D eigenvalue weighted by Gasteiger charge is 2.48. The number of aryl methyl sites for hydroxylation is 2. The number of ketones is 1. The molecule has 1 atom stereocenters. The van der Waals surface area contributed by atoms with Gasteiger partial charge >= 0.3 is 0 Å². The Kier molecular flexibility index (Phi) is 6.39. The fraction of sp³-hybridized carbons (Fsp3) is 0.231. The first kappa shape index (κ1) is 23.4. The smallest absolute Gasteiger partial charge is 0.300 e. The number of halogens is 1. The van der Waals surface area contributed by atoms with Gasteiger partial charge in [-0.25, -0.2) is 0 Å². The molecule has 1 fully saturated rings. The lowest BCUT2D eigenvalue weighted by molar-refractivity contribution is -0.132. The number of anilines is 1. The maximum absolute atomic E-state index is 13.3. The van der Waals surface area contributed by atoms with Crippen molar-refractivity contribution in [3.8, 4) is 11.5 Å². The first-order chi connectivity index (χ1) is 16.3. The predicted molar refractivity (Wildman–Crippen MR) is 129 cm³/mol. The molecule has 0 bridgehead atoms. The van der Waals surface area contributed by atoms with Gasteiger partial charge in [0.25, 0.3) is 11.7 Å². The van der Waals surface area contributed by atoms with Gasteiger partial charge in [-0.2, -0.15) is 0 Å². The first-order valence-electron chi connectivity index (χ1n) is 10.7. The molecule has 1 aromatic heterocycles. The fourth-order valence-electron chi connectivity index (χ4n) is 4.12. The summed E-state index contributed by atoms with van der Waals surface area (Å²) >= 11 is 6.33. The van der Waals surface area contributed by atoms with Crippen molar-refractivity contribution in [3.63, 3.8) is 0 Å². The highest BCUT2D eigenvalue weighted by Crippen LogP contribution is 2.45. The number of aliphatic hydroxyl groups excluding tert-OH is 1. The number of hydrogen-bond donors (Lipinski definition) is 1. The molecule has 1 saturated heterocycles. The van der Waals surface area contributed by atoms with E-state index < -0.39 is 23.5 Å². The summed E-state index contributed by atoms with van der Waals surface area (Å²) in [6.45, 7) is 5.85. The van der Waals surface area contributed by atoms with Gasteiger partial charge in [0, 0.05) is 11.8 Å². The van der Waals surface area contributed by atoms with E-state index >= 15 is 0 Å². The molecule has 0 saturated carbocycles. The number of aliphatic hydroxyl groups is 1. The Hall–Kier alpha value is -3.71. The van der Waals surface area contributed by atoms with Gasteiger partial charge in [-0.15, -0.1) is 0 Å². The van der Waals surface area contributed by atoms with E-state index in [-0.39, 0.29) is 21.9 Å². The van der Waals surface area contributed by atoms with Crippen molar-refractivity contribution in [1.82, 2.24) is 0 Å². The third-order valence-corrected chi connectivity index (χ3v) is 5.81. The van der Waals surface area contributed by atoms with Crippen LogP contribution in [0.4, 0.5) is 5.69 Å². The summed E-state index contributed by atoms with van der Waals surface area (Å²) in [6, 6.07) is 12.6. The van der Waals surface area contributed by atoms with Gasteiger partial charge in [-0.3, -0.25) is 14.5 Å². The number of carbonyl (C=O) groups is 2. The molecule has 0 spiro atoms. The van der Waals surface area contributed by atoms with E-state index in [1.54, 1.807) is 62.4 Å². The lowest BCUT2D eigenvalue weighted by atomic mass is 9.97. The minimum atomic E-state index is -1.01. The van der Waals surface area contributed by atoms with Crippen LogP contribution in [0.1, 0.15) is 35.6 Å². The monoisotopic (exact) mass is 481 g/mol. The molecule has 2 aromatic carbocycles. The zero-order chi connectivity index (χ0) is 24.6. The molecule has 1 aliphatic rings. The maximum atomic E-state index is 13.3. The van der Waals surface area contributed by atoms with E-state index in [9.17, 15) is 14.7 Å². The molecular weight excluding hydrogens is 458 g/mol. The van der Waals surface area contributed by atoms with Crippen LogP contribution in [-0.4, -0.2) is 30.5 Å². The van der Waals surface area contributed by atoms with Crippen molar-refractivity contribution < 1.29 is 28.6 Å². The minimum absolute atomic E-state index is 0.124. The van der Waals surface area contributed by atoms with E-state index in [4.69, 9.17) is 25.5 Å². The number of rotatable bonds is 6. The van der Waals surface area contributed by atoms with Crippen LogP contribution in [0.25, 0.3) is 5.76 Å². The number of benzene rings is 2. The van der Waals surface area contributed by atoms with Crippen LogP contribution in [-0.2, 0) is 9.59 Å². The molecule has 1 N–H and O–H groups in total. The predicted octanol–water partition coefficient (Wildman–Crippen LogP) is 5.58. The Balaban J connectivity index is 1.97. The molecule has 7 nitrogen and oxygen atoms in total. The van der Waals surface area contributed by atoms with Crippen molar-refractivity contribution in [1.29, 1.82) is 0 Å². The van der Waals surface area contributed by atoms with Crippen molar-refractivity contribution in [2.75, 3.05) is 18.6 Å². The average molecular weight is 482 g/mol. The summed E-state index contributed by atoms with van der Waals surface area (Å²) in [5, 5.41) is 11.7. The highest BCUT2D eigenvalue weighted by molar-refractivity contribution is 6.51. The molecule has 1 aliphatic heterocycles. The summed E-state index contributed by atoms with van der Waals surface area (Å²) in [4.78, 5) is 27.9. The Morgan fingerprint density at radius 3 is 2.56 bits per heavy atom. The summed E-state index contributed by atoms with van der Waals surface area (Å²) in [5.41, 5.74) is 1.26. The second-order valence-electron chi connectivity index (χ2n) is 7.88. The summed E-state index contributed by atoms with van der Waals surface area (Å²) in [7, 11) is 1.42. The van der Waals surface area contributed by atoms with E-state index in [0.717, 1.165) is 5.56 Å².